The van der Waals surface area contributed by atoms with Crippen molar-refractivity contribution in [3.63, 3.8) is 0 Å². The molecular weight excluding hydrogens is 451 g/mol. The van der Waals surface area contributed by atoms with E-state index < -0.39 is 21.9 Å². The molecule has 3 heterocycles. The summed E-state index contributed by atoms with van der Waals surface area (Å²) in [7, 11) is -3.90. The monoisotopic (exact) mass is 470 g/mol. The summed E-state index contributed by atoms with van der Waals surface area (Å²) in [6.07, 6.45) is 4.89. The third-order valence-corrected chi connectivity index (χ3v) is 8.16. The van der Waals surface area contributed by atoms with Crippen molar-refractivity contribution in [1.82, 2.24) is 13.7 Å². The molecular formula is C22H19FN4O3S2. The molecule has 0 unspecified atom stereocenters. The molecule has 1 aliphatic heterocycles. The van der Waals surface area contributed by atoms with E-state index in [0.717, 1.165) is 28.4 Å². The first-order valence-electron chi connectivity index (χ1n) is 10.0. The summed E-state index contributed by atoms with van der Waals surface area (Å²) in [4.78, 5) is 18.3. The first-order chi connectivity index (χ1) is 15.4. The van der Waals surface area contributed by atoms with E-state index in [1.54, 1.807) is 23.5 Å². The van der Waals surface area contributed by atoms with Crippen LogP contribution in [0.2, 0.25) is 0 Å². The third-order valence-electron chi connectivity index (χ3n) is 5.47. The lowest BCUT2D eigenvalue weighted by Gasteiger charge is -2.23. The Bertz CT molecular complexity index is 1350. The number of sulfonamides is 1. The van der Waals surface area contributed by atoms with Gasteiger partial charge >= 0.3 is 0 Å². The molecule has 0 bridgehead atoms. The maximum atomic E-state index is 13.2. The summed E-state index contributed by atoms with van der Waals surface area (Å²) in [5.41, 5.74) is 2.33. The SMILES string of the molecule is O=C(Nc1ccc(-c2cn3ccsc3n2)cc1)[C@H]1CCCN1S(=O)(=O)c1ccc(F)cc1. The van der Waals surface area contributed by atoms with Crippen LogP contribution in [-0.4, -0.2) is 40.6 Å². The van der Waals surface area contributed by atoms with Gasteiger partial charge < -0.3 is 5.32 Å². The standard InChI is InChI=1S/C22H19FN4O3S2/c23-16-5-9-18(10-6-16)32(29,30)27-11-1-2-20(27)21(28)24-17-7-3-15(4-8-17)19-14-26-12-13-31-22(26)25-19/h3-10,12-14,20H,1-2,11H2,(H,24,28)/t20-/m1/s1. The summed E-state index contributed by atoms with van der Waals surface area (Å²) in [5.74, 6) is -0.901. The normalized spacial score (nSPS) is 17.1. The van der Waals surface area contributed by atoms with Gasteiger partial charge in [0.25, 0.3) is 0 Å². The van der Waals surface area contributed by atoms with Crippen LogP contribution in [0.4, 0.5) is 10.1 Å². The zero-order chi connectivity index (χ0) is 22.3. The second kappa shape index (κ2) is 8.12. The second-order valence-electron chi connectivity index (χ2n) is 7.51. The van der Waals surface area contributed by atoms with Gasteiger partial charge in [-0.3, -0.25) is 9.20 Å². The number of imidazole rings is 1. The molecule has 1 fully saturated rings. The van der Waals surface area contributed by atoms with Gasteiger partial charge in [0.15, 0.2) is 4.96 Å². The molecule has 0 aliphatic carbocycles. The number of halogens is 1. The van der Waals surface area contributed by atoms with E-state index in [2.05, 4.69) is 10.3 Å². The van der Waals surface area contributed by atoms with Crippen molar-refractivity contribution in [2.24, 2.45) is 0 Å². The smallest absolute Gasteiger partial charge is 0.243 e. The van der Waals surface area contributed by atoms with Crippen LogP contribution in [0.15, 0.2) is 71.2 Å². The number of nitrogens with one attached hydrogen (secondary N) is 1. The number of anilines is 1. The number of nitrogens with zero attached hydrogens (tertiary/aromatic N) is 3. The van der Waals surface area contributed by atoms with Crippen LogP contribution in [0.3, 0.4) is 0 Å². The molecule has 1 amide bonds. The number of rotatable bonds is 5. The van der Waals surface area contributed by atoms with Gasteiger partial charge in [-0.25, -0.2) is 17.8 Å². The number of hydrogen-bond acceptors (Lipinski definition) is 5. The molecule has 0 saturated carbocycles. The van der Waals surface area contributed by atoms with Crippen molar-refractivity contribution in [1.29, 1.82) is 0 Å². The fraction of sp³-hybridized carbons (Fsp3) is 0.182. The Morgan fingerprint density at radius 2 is 1.88 bits per heavy atom. The van der Waals surface area contributed by atoms with E-state index in [1.165, 1.54) is 16.4 Å². The molecule has 32 heavy (non-hydrogen) atoms. The lowest BCUT2D eigenvalue weighted by molar-refractivity contribution is -0.119. The predicted molar refractivity (Wildman–Crippen MR) is 120 cm³/mol. The van der Waals surface area contributed by atoms with Crippen LogP contribution in [0.5, 0.6) is 0 Å². The topological polar surface area (TPSA) is 83.8 Å². The van der Waals surface area contributed by atoms with Crippen LogP contribution < -0.4 is 5.32 Å². The van der Waals surface area contributed by atoms with Crippen LogP contribution in [0.25, 0.3) is 16.2 Å². The van der Waals surface area contributed by atoms with E-state index in [9.17, 15) is 17.6 Å². The minimum atomic E-state index is -3.90. The Morgan fingerprint density at radius 1 is 1.12 bits per heavy atom. The largest absolute Gasteiger partial charge is 0.325 e. The van der Waals surface area contributed by atoms with Gasteiger partial charge in [-0.1, -0.05) is 12.1 Å². The fourth-order valence-electron chi connectivity index (χ4n) is 3.85. The average molecular weight is 471 g/mol. The first kappa shape index (κ1) is 20.8. The van der Waals surface area contributed by atoms with Gasteiger partial charge in [0.05, 0.1) is 10.6 Å². The van der Waals surface area contributed by atoms with E-state index >= 15 is 0 Å². The predicted octanol–water partition coefficient (Wildman–Crippen LogP) is 3.99. The number of benzene rings is 2. The molecule has 10 heteroatoms. The van der Waals surface area contributed by atoms with Crippen LogP contribution in [-0.2, 0) is 14.8 Å². The van der Waals surface area contributed by atoms with Crippen molar-refractivity contribution >= 4 is 37.9 Å². The lowest BCUT2D eigenvalue weighted by atomic mass is 10.1. The highest BCUT2D eigenvalue weighted by Crippen LogP contribution is 2.28. The van der Waals surface area contributed by atoms with Crippen molar-refractivity contribution in [2.75, 3.05) is 11.9 Å². The Labute approximate surface area is 188 Å². The van der Waals surface area contributed by atoms with Gasteiger partial charge in [0.1, 0.15) is 11.9 Å². The number of fused-ring (bicyclic) bond motifs is 1. The molecule has 0 spiro atoms. The molecule has 1 atom stereocenters. The highest BCUT2D eigenvalue weighted by molar-refractivity contribution is 7.89. The van der Waals surface area contributed by atoms with Crippen molar-refractivity contribution in [3.8, 4) is 11.3 Å². The molecule has 7 nitrogen and oxygen atoms in total. The zero-order valence-electron chi connectivity index (χ0n) is 16.8. The number of aromatic nitrogens is 2. The molecule has 1 saturated heterocycles. The number of thiazole rings is 1. The van der Waals surface area contributed by atoms with Crippen LogP contribution >= 0.6 is 11.3 Å². The minimum Gasteiger partial charge on any atom is -0.325 e. The van der Waals surface area contributed by atoms with Crippen molar-refractivity contribution < 1.29 is 17.6 Å². The first-order valence-corrected chi connectivity index (χ1v) is 12.3. The van der Waals surface area contributed by atoms with E-state index in [-0.39, 0.29) is 17.3 Å². The minimum absolute atomic E-state index is 0.0251. The summed E-state index contributed by atoms with van der Waals surface area (Å²) < 4.78 is 42.3. The number of carbonyl (C=O) groups excluding carboxylic acids is 1. The molecule has 0 radical (unpaired) electrons. The van der Waals surface area contributed by atoms with E-state index in [0.29, 0.717) is 18.5 Å². The summed E-state index contributed by atoms with van der Waals surface area (Å²) in [6, 6.07) is 11.1. The summed E-state index contributed by atoms with van der Waals surface area (Å²) in [5, 5.41) is 4.78. The molecule has 2 aromatic carbocycles. The van der Waals surface area contributed by atoms with Gasteiger partial charge in [-0.05, 0) is 49.2 Å². The maximum Gasteiger partial charge on any atom is 0.243 e. The van der Waals surface area contributed by atoms with Crippen LogP contribution in [0, 0.1) is 5.82 Å². The van der Waals surface area contributed by atoms with E-state index in [4.69, 9.17) is 0 Å². The number of amides is 1. The maximum absolute atomic E-state index is 13.2. The fourth-order valence-corrected chi connectivity index (χ4v) is 6.20. The lowest BCUT2D eigenvalue weighted by Crippen LogP contribution is -2.43. The molecule has 2 aromatic heterocycles. The number of hydrogen-bond donors (Lipinski definition) is 1. The average Bonchev–Trinajstić information content (AvgIpc) is 3.51. The Hall–Kier alpha value is -3.08. The second-order valence-corrected chi connectivity index (χ2v) is 10.3. The van der Waals surface area contributed by atoms with Gasteiger partial charge in [0.2, 0.25) is 15.9 Å². The highest BCUT2D eigenvalue weighted by atomic mass is 32.2. The summed E-state index contributed by atoms with van der Waals surface area (Å²) >= 11 is 1.55. The van der Waals surface area contributed by atoms with Gasteiger partial charge in [-0.15, -0.1) is 11.3 Å². The molecule has 5 rings (SSSR count). The molecule has 1 aliphatic rings. The van der Waals surface area contributed by atoms with E-state index in [1.807, 2.05) is 34.3 Å². The van der Waals surface area contributed by atoms with Gasteiger partial charge in [0, 0.05) is 35.6 Å². The Morgan fingerprint density at radius 3 is 2.59 bits per heavy atom. The van der Waals surface area contributed by atoms with Crippen molar-refractivity contribution in [3.05, 3.63) is 72.1 Å². The molecule has 4 aromatic rings. The third kappa shape index (κ3) is 3.81. The molecule has 1 N–H and O–H groups in total. The van der Waals surface area contributed by atoms with Gasteiger partial charge in [-0.2, -0.15) is 4.31 Å². The van der Waals surface area contributed by atoms with Crippen molar-refractivity contribution in [2.45, 2.75) is 23.8 Å². The quantitative estimate of drug-likeness (QED) is 0.478. The van der Waals surface area contributed by atoms with Crippen LogP contribution in [0.1, 0.15) is 12.8 Å². The summed E-state index contributed by atoms with van der Waals surface area (Å²) in [6.45, 7) is 0.244. The Kier molecular flexibility index (Phi) is 5.28. The molecule has 164 valence electrons. The Balaban J connectivity index is 1.31. The highest BCUT2D eigenvalue weighted by Gasteiger charge is 2.39. The zero-order valence-corrected chi connectivity index (χ0v) is 18.4. The number of carbonyl (C=O) groups is 1.